The maximum absolute atomic E-state index is 13.6. The summed E-state index contributed by atoms with van der Waals surface area (Å²) in [7, 11) is 1.73. The molecule has 1 aliphatic rings. The van der Waals surface area contributed by atoms with Crippen molar-refractivity contribution in [2.24, 2.45) is 10.7 Å². The molecule has 1 aromatic carbocycles. The minimum absolute atomic E-state index is 0.0925. The van der Waals surface area contributed by atoms with Gasteiger partial charge in [-0.15, -0.1) is 4.31 Å². The van der Waals surface area contributed by atoms with Gasteiger partial charge in [-0.1, -0.05) is 0 Å². The van der Waals surface area contributed by atoms with Crippen LogP contribution in [0.25, 0.3) is 0 Å². The van der Waals surface area contributed by atoms with Gasteiger partial charge in [-0.25, -0.2) is 4.39 Å². The molecule has 5 nitrogen and oxygen atoms in total. The van der Waals surface area contributed by atoms with Gasteiger partial charge >= 0.3 is 0 Å². The first-order chi connectivity index (χ1) is 11.5. The predicted molar refractivity (Wildman–Crippen MR) is 93.6 cm³/mol. The molecule has 2 atom stereocenters. The van der Waals surface area contributed by atoms with Crippen molar-refractivity contribution in [3.05, 3.63) is 41.4 Å². The number of halogens is 1. The minimum atomic E-state index is -1.52. The number of likely N-dealkylation sites (N-methyl/N-ethyl adjacent to an activating group) is 1. The number of carbonyl (C=O) groups excluding carboxylic acids is 1. The Bertz CT molecular complexity index is 643. The Balaban J connectivity index is 2.26. The number of nitrogens with zero attached hydrogens (tertiary/aromatic N) is 2. The molecule has 2 rings (SSSR count). The van der Waals surface area contributed by atoms with E-state index < -0.39 is 17.2 Å². The van der Waals surface area contributed by atoms with Crippen molar-refractivity contribution in [3.8, 4) is 0 Å². The van der Waals surface area contributed by atoms with E-state index in [1.54, 1.807) is 24.3 Å². The lowest BCUT2D eigenvalue weighted by Gasteiger charge is -2.33. The van der Waals surface area contributed by atoms with Crippen LogP contribution in [0.2, 0.25) is 0 Å². The smallest absolute Gasteiger partial charge is 0.177 e. The highest BCUT2D eigenvalue weighted by Crippen LogP contribution is 2.29. The first kappa shape index (κ1) is 18.6. The minimum Gasteiger partial charge on any atom is -0.593 e. The summed E-state index contributed by atoms with van der Waals surface area (Å²) >= 11 is -1.52. The van der Waals surface area contributed by atoms with E-state index in [0.717, 1.165) is 42.4 Å². The number of hydrogen-bond acceptors (Lipinski definition) is 5. The topological polar surface area (TPSA) is 81.8 Å². The number of nitrogens with two attached hydrogens (primary N) is 1. The molecule has 24 heavy (non-hydrogen) atoms. The Morgan fingerprint density at radius 1 is 1.50 bits per heavy atom. The fourth-order valence-corrected chi connectivity index (χ4v) is 4.23. The molecule has 1 aliphatic carbocycles. The Hall–Kier alpha value is -1.70. The molecular weight excluding hydrogens is 329 g/mol. The van der Waals surface area contributed by atoms with Crippen LogP contribution in [-0.2, 0) is 16.2 Å². The number of hydrogen-bond donors (Lipinski definition) is 1. The third kappa shape index (κ3) is 4.23. The Kier molecular flexibility index (Phi) is 6.53. The largest absolute Gasteiger partial charge is 0.593 e. The van der Waals surface area contributed by atoms with Gasteiger partial charge in [-0.05, 0) is 43.9 Å². The average Bonchev–Trinajstić information content (AvgIpc) is 2.57. The second-order valence-electron chi connectivity index (χ2n) is 5.74. The molecule has 0 bridgehead atoms. The lowest BCUT2D eigenvalue weighted by molar-refractivity contribution is -0.106. The number of aldehydes is 1. The summed E-state index contributed by atoms with van der Waals surface area (Å²) < 4.78 is 28.1. The highest BCUT2D eigenvalue weighted by molar-refractivity contribution is 7.89. The second kappa shape index (κ2) is 8.41. The van der Waals surface area contributed by atoms with Crippen molar-refractivity contribution in [2.45, 2.75) is 37.1 Å². The van der Waals surface area contributed by atoms with E-state index in [1.807, 2.05) is 0 Å². The molecule has 7 heteroatoms. The van der Waals surface area contributed by atoms with Crippen molar-refractivity contribution < 1.29 is 13.7 Å². The molecule has 1 unspecified atom stereocenters. The third-order valence-electron chi connectivity index (χ3n) is 4.04. The summed E-state index contributed by atoms with van der Waals surface area (Å²) in [6, 6.07) is 4.22. The van der Waals surface area contributed by atoms with Crippen LogP contribution < -0.4 is 5.73 Å². The van der Waals surface area contributed by atoms with Crippen molar-refractivity contribution in [3.63, 3.8) is 0 Å². The zero-order valence-electron chi connectivity index (χ0n) is 13.9. The molecule has 130 valence electrons. The monoisotopic (exact) mass is 351 g/mol. The zero-order valence-corrected chi connectivity index (χ0v) is 14.7. The van der Waals surface area contributed by atoms with Crippen LogP contribution in [0.15, 0.2) is 39.9 Å². The predicted octanol–water partition coefficient (Wildman–Crippen LogP) is 2.12. The molecule has 0 saturated heterocycles. The lowest BCUT2D eigenvalue weighted by atomic mass is 9.88. The molecule has 0 spiro atoms. The van der Waals surface area contributed by atoms with Crippen LogP contribution in [0.3, 0.4) is 0 Å². The molecule has 0 radical (unpaired) electrons. The van der Waals surface area contributed by atoms with E-state index in [4.69, 9.17) is 5.73 Å². The van der Waals surface area contributed by atoms with Crippen LogP contribution >= 0.6 is 0 Å². The number of benzene rings is 1. The molecule has 0 heterocycles. The quantitative estimate of drug-likeness (QED) is 0.651. The van der Waals surface area contributed by atoms with Gasteiger partial charge in [0.05, 0.1) is 23.9 Å². The van der Waals surface area contributed by atoms with Gasteiger partial charge in [0.25, 0.3) is 0 Å². The van der Waals surface area contributed by atoms with Gasteiger partial charge in [0.15, 0.2) is 4.90 Å². The fourth-order valence-electron chi connectivity index (χ4n) is 2.94. The van der Waals surface area contributed by atoms with E-state index in [0.29, 0.717) is 4.90 Å². The summed E-state index contributed by atoms with van der Waals surface area (Å²) in [4.78, 5) is 15.2. The van der Waals surface area contributed by atoms with E-state index in [2.05, 4.69) is 4.99 Å². The van der Waals surface area contributed by atoms with Gasteiger partial charge in [0, 0.05) is 30.6 Å². The fraction of sp³-hybridized carbons (Fsp3) is 0.412. The molecule has 1 fully saturated rings. The zero-order chi connectivity index (χ0) is 17.7. The first-order valence-electron chi connectivity index (χ1n) is 7.79. The standard InChI is InChI=1S/C17H22FN3O2S/c1-12-8-13(18)10-14(9-12)24(23)21(2)17-5-3-4-16(15(17)11-19)20-6-7-22/h7-11,17H,3-6,19H2,1-2H3/t17-,24?/m1/s1. The van der Waals surface area contributed by atoms with Gasteiger partial charge in [-0.2, -0.15) is 0 Å². The second-order valence-corrected chi connectivity index (χ2v) is 7.29. The molecular formula is C17H22FN3O2S. The normalized spacial score (nSPS) is 23.0. The molecule has 0 aliphatic heterocycles. The summed E-state index contributed by atoms with van der Waals surface area (Å²) in [5, 5.41) is 0. The molecule has 2 N–H and O–H groups in total. The first-order valence-corrected chi connectivity index (χ1v) is 8.89. The summed E-state index contributed by atoms with van der Waals surface area (Å²) in [6.45, 7) is 1.86. The molecule has 1 saturated carbocycles. The average molecular weight is 351 g/mol. The molecule has 0 amide bonds. The van der Waals surface area contributed by atoms with E-state index in [9.17, 15) is 13.7 Å². The molecule has 1 aromatic rings. The Labute approximate surface area is 144 Å². The van der Waals surface area contributed by atoms with Crippen molar-refractivity contribution in [1.82, 2.24) is 4.31 Å². The van der Waals surface area contributed by atoms with Crippen molar-refractivity contribution >= 4 is 23.4 Å². The van der Waals surface area contributed by atoms with E-state index >= 15 is 0 Å². The lowest BCUT2D eigenvalue weighted by Crippen LogP contribution is -2.42. The highest BCUT2D eigenvalue weighted by Gasteiger charge is 2.34. The molecule has 0 aromatic heterocycles. The van der Waals surface area contributed by atoms with Gasteiger partial charge in [-0.3, -0.25) is 4.99 Å². The van der Waals surface area contributed by atoms with Crippen LogP contribution in [0.5, 0.6) is 0 Å². The maximum Gasteiger partial charge on any atom is 0.177 e. The summed E-state index contributed by atoms with van der Waals surface area (Å²) in [6.07, 6.45) is 4.59. The van der Waals surface area contributed by atoms with Gasteiger partial charge in [0.2, 0.25) is 0 Å². The summed E-state index contributed by atoms with van der Waals surface area (Å²) in [5.41, 5.74) is 8.05. The number of aliphatic imine (C=N–C) groups is 1. The number of carbonyl (C=O) groups is 1. The Morgan fingerprint density at radius 2 is 2.25 bits per heavy atom. The van der Waals surface area contributed by atoms with E-state index in [-0.39, 0.29) is 12.6 Å². The van der Waals surface area contributed by atoms with Gasteiger partial charge < -0.3 is 15.1 Å². The number of aryl methyl sites for hydroxylation is 1. The Morgan fingerprint density at radius 3 is 2.88 bits per heavy atom. The van der Waals surface area contributed by atoms with Crippen molar-refractivity contribution in [1.29, 1.82) is 0 Å². The van der Waals surface area contributed by atoms with Crippen molar-refractivity contribution in [2.75, 3.05) is 13.6 Å². The number of rotatable bonds is 5. The van der Waals surface area contributed by atoms with Crippen LogP contribution in [0, 0.1) is 12.7 Å². The SMILES string of the molecule is Cc1cc(F)cc([S+]([O-])N(C)[C@@H]2CCCC(=NCC=O)C2=CN)c1. The van der Waals surface area contributed by atoms with Crippen LogP contribution in [0.1, 0.15) is 24.8 Å². The third-order valence-corrected chi connectivity index (χ3v) is 5.45. The maximum atomic E-state index is 13.6. The van der Waals surface area contributed by atoms with Crippen LogP contribution in [-0.4, -0.2) is 40.5 Å². The van der Waals surface area contributed by atoms with Crippen LogP contribution in [0.4, 0.5) is 4.39 Å². The highest BCUT2D eigenvalue weighted by atomic mass is 32.2. The van der Waals surface area contributed by atoms with E-state index in [1.165, 1.54) is 18.3 Å². The summed E-state index contributed by atoms with van der Waals surface area (Å²) in [5.74, 6) is -0.404. The van der Waals surface area contributed by atoms with Gasteiger partial charge in [0.1, 0.15) is 12.1 Å².